The zero-order valence-corrected chi connectivity index (χ0v) is 20.2. The number of thioether (sulfide) groups is 1. The normalized spacial score (nSPS) is 11.5. The molecule has 0 aliphatic carbocycles. The number of carbonyl (C=O) groups is 2. The Morgan fingerprint density at radius 3 is 2.38 bits per heavy atom. The van der Waals surface area contributed by atoms with Gasteiger partial charge in [0.05, 0.1) is 5.25 Å². The van der Waals surface area contributed by atoms with Crippen LogP contribution in [0.2, 0.25) is 0 Å². The number of hydrogen-bond donors (Lipinski definition) is 2. The summed E-state index contributed by atoms with van der Waals surface area (Å²) in [6, 6.07) is 24.0. The van der Waals surface area contributed by atoms with E-state index in [1.165, 1.54) is 30.0 Å². The van der Waals surface area contributed by atoms with E-state index in [0.29, 0.717) is 20.7 Å². The number of nitrogens with zero attached hydrogens (tertiary/aromatic N) is 2. The molecule has 0 fully saturated rings. The van der Waals surface area contributed by atoms with Crippen molar-refractivity contribution in [3.05, 3.63) is 84.4 Å². The van der Waals surface area contributed by atoms with E-state index in [-0.39, 0.29) is 11.7 Å². The number of Topliss-reactive ketones (excluding diaryl/α,β-unsaturated/α-hetero) is 1. The van der Waals surface area contributed by atoms with Crippen LogP contribution in [0.5, 0.6) is 11.5 Å². The van der Waals surface area contributed by atoms with Crippen molar-refractivity contribution in [1.29, 1.82) is 0 Å². The topological polar surface area (TPSA) is 93.2 Å². The van der Waals surface area contributed by atoms with Crippen molar-refractivity contribution in [2.75, 3.05) is 10.6 Å². The number of nitrogens with one attached hydrogen (secondary N) is 2. The summed E-state index contributed by atoms with van der Waals surface area (Å²) in [6.07, 6.45) is 0. The molecule has 4 rings (SSSR count). The first-order valence-corrected chi connectivity index (χ1v) is 12.2. The van der Waals surface area contributed by atoms with Gasteiger partial charge >= 0.3 is 0 Å². The summed E-state index contributed by atoms with van der Waals surface area (Å²) in [5.74, 6) is 1.29. The average Bonchev–Trinajstić information content (AvgIpc) is 3.27. The number of ketones is 1. The highest BCUT2D eigenvalue weighted by Gasteiger charge is 2.18. The zero-order chi connectivity index (χ0) is 23.9. The van der Waals surface area contributed by atoms with Gasteiger partial charge in [0, 0.05) is 16.9 Å². The van der Waals surface area contributed by atoms with Crippen LogP contribution >= 0.6 is 23.1 Å². The minimum absolute atomic E-state index is 0.0502. The summed E-state index contributed by atoms with van der Waals surface area (Å²) >= 11 is 2.69. The highest BCUT2D eigenvalue weighted by molar-refractivity contribution is 8.02. The summed E-state index contributed by atoms with van der Waals surface area (Å²) < 4.78 is 6.48. The van der Waals surface area contributed by atoms with Crippen molar-refractivity contribution in [3.8, 4) is 11.5 Å². The Morgan fingerprint density at radius 2 is 1.65 bits per heavy atom. The third kappa shape index (κ3) is 6.43. The van der Waals surface area contributed by atoms with Crippen molar-refractivity contribution in [1.82, 2.24) is 10.2 Å². The molecule has 0 aliphatic heterocycles. The van der Waals surface area contributed by atoms with Crippen LogP contribution in [0.25, 0.3) is 0 Å². The maximum atomic E-state index is 12.6. The van der Waals surface area contributed by atoms with Crippen LogP contribution in [0.1, 0.15) is 24.2 Å². The molecule has 172 valence electrons. The second-order valence-electron chi connectivity index (χ2n) is 7.32. The summed E-state index contributed by atoms with van der Waals surface area (Å²) in [5, 5.41) is 14.6. The van der Waals surface area contributed by atoms with E-state index in [0.717, 1.165) is 17.2 Å². The van der Waals surface area contributed by atoms with Crippen LogP contribution in [0.3, 0.4) is 0 Å². The number of aromatic nitrogens is 2. The Morgan fingerprint density at radius 1 is 0.912 bits per heavy atom. The van der Waals surface area contributed by atoms with Crippen molar-refractivity contribution < 1.29 is 14.3 Å². The van der Waals surface area contributed by atoms with Crippen LogP contribution in [0.4, 0.5) is 16.5 Å². The van der Waals surface area contributed by atoms with Gasteiger partial charge in [-0.1, -0.05) is 53.4 Å². The average molecular weight is 491 g/mol. The molecule has 0 aliphatic rings. The largest absolute Gasteiger partial charge is 0.457 e. The number of para-hydroxylation sites is 1. The van der Waals surface area contributed by atoms with Crippen molar-refractivity contribution >= 4 is 51.3 Å². The Labute approximate surface area is 205 Å². The highest BCUT2D eigenvalue weighted by atomic mass is 32.2. The third-order valence-corrected chi connectivity index (χ3v) is 6.70. The van der Waals surface area contributed by atoms with E-state index in [1.54, 1.807) is 31.2 Å². The SMILES string of the molecule is CC(=O)c1cccc(NC(=O)C(C)Sc2nnc(Nc3ccc(Oc4ccccc4)cc3)s2)c1. The standard InChI is InChI=1S/C25H22N4O3S2/c1-16(30)18-7-6-8-20(15-18)26-23(31)17(2)33-25-29-28-24(34-25)27-19-11-13-22(14-12-19)32-21-9-4-3-5-10-21/h3-15,17H,1-2H3,(H,26,31)(H,27,28). The van der Waals surface area contributed by atoms with E-state index in [1.807, 2.05) is 54.6 Å². The maximum Gasteiger partial charge on any atom is 0.237 e. The van der Waals surface area contributed by atoms with E-state index < -0.39 is 5.25 Å². The number of hydrogen-bond acceptors (Lipinski definition) is 8. The summed E-state index contributed by atoms with van der Waals surface area (Å²) in [7, 11) is 0. The van der Waals surface area contributed by atoms with Gasteiger partial charge in [-0.3, -0.25) is 9.59 Å². The van der Waals surface area contributed by atoms with Crippen LogP contribution in [-0.4, -0.2) is 27.1 Å². The lowest BCUT2D eigenvalue weighted by Crippen LogP contribution is -2.22. The molecule has 2 N–H and O–H groups in total. The first kappa shape index (κ1) is 23.5. The molecule has 3 aromatic carbocycles. The Balaban J connectivity index is 1.31. The molecule has 1 heterocycles. The first-order valence-electron chi connectivity index (χ1n) is 10.5. The molecule has 4 aromatic rings. The van der Waals surface area contributed by atoms with E-state index >= 15 is 0 Å². The number of amides is 1. The fourth-order valence-electron chi connectivity index (χ4n) is 2.93. The van der Waals surface area contributed by atoms with Crippen molar-refractivity contribution in [3.63, 3.8) is 0 Å². The number of benzene rings is 3. The fraction of sp³-hybridized carbons (Fsp3) is 0.120. The molecule has 1 atom stereocenters. The van der Waals surface area contributed by atoms with Crippen LogP contribution in [0, 0.1) is 0 Å². The molecule has 0 radical (unpaired) electrons. The summed E-state index contributed by atoms with van der Waals surface area (Å²) in [6.45, 7) is 3.29. The van der Waals surface area contributed by atoms with Crippen molar-refractivity contribution in [2.24, 2.45) is 0 Å². The van der Waals surface area contributed by atoms with Gasteiger partial charge in [0.15, 0.2) is 10.1 Å². The van der Waals surface area contributed by atoms with Gasteiger partial charge in [0.1, 0.15) is 11.5 Å². The number of carbonyl (C=O) groups excluding carboxylic acids is 2. The van der Waals surface area contributed by atoms with E-state index in [2.05, 4.69) is 20.8 Å². The Kier molecular flexibility index (Phi) is 7.56. The minimum Gasteiger partial charge on any atom is -0.457 e. The first-order chi connectivity index (χ1) is 16.5. The van der Waals surface area contributed by atoms with Crippen LogP contribution in [-0.2, 0) is 4.79 Å². The zero-order valence-electron chi connectivity index (χ0n) is 18.5. The predicted octanol–water partition coefficient (Wildman–Crippen LogP) is 6.40. The second-order valence-corrected chi connectivity index (χ2v) is 9.89. The smallest absolute Gasteiger partial charge is 0.237 e. The molecule has 0 saturated heterocycles. The van der Waals surface area contributed by atoms with Gasteiger partial charge in [-0.15, -0.1) is 10.2 Å². The molecule has 0 bridgehead atoms. The van der Waals surface area contributed by atoms with Crippen LogP contribution < -0.4 is 15.4 Å². The van der Waals surface area contributed by atoms with E-state index in [4.69, 9.17) is 4.74 Å². The van der Waals surface area contributed by atoms with E-state index in [9.17, 15) is 9.59 Å². The molecule has 0 spiro atoms. The van der Waals surface area contributed by atoms with Gasteiger partial charge in [0.25, 0.3) is 0 Å². The third-order valence-electron chi connectivity index (χ3n) is 4.67. The summed E-state index contributed by atoms with van der Waals surface area (Å²) in [5.41, 5.74) is 1.99. The maximum absolute atomic E-state index is 12.6. The molecule has 1 aromatic heterocycles. The molecule has 9 heteroatoms. The minimum atomic E-state index is -0.392. The van der Waals surface area contributed by atoms with Gasteiger partial charge in [-0.2, -0.15) is 0 Å². The molecule has 1 unspecified atom stereocenters. The van der Waals surface area contributed by atoms with Gasteiger partial charge in [-0.05, 0) is 62.4 Å². The van der Waals surface area contributed by atoms with Crippen molar-refractivity contribution in [2.45, 2.75) is 23.4 Å². The summed E-state index contributed by atoms with van der Waals surface area (Å²) in [4.78, 5) is 24.1. The second kappa shape index (κ2) is 11.0. The Hall–Kier alpha value is -3.69. The lowest BCUT2D eigenvalue weighted by atomic mass is 10.1. The lowest BCUT2D eigenvalue weighted by Gasteiger charge is -2.10. The fourth-order valence-corrected chi connectivity index (χ4v) is 4.84. The number of anilines is 3. The van der Waals surface area contributed by atoms with Gasteiger partial charge < -0.3 is 15.4 Å². The molecular formula is C25H22N4O3S2. The van der Waals surface area contributed by atoms with Gasteiger partial charge in [-0.25, -0.2) is 0 Å². The molecule has 7 nitrogen and oxygen atoms in total. The predicted molar refractivity (Wildman–Crippen MR) is 137 cm³/mol. The number of rotatable bonds is 9. The monoisotopic (exact) mass is 490 g/mol. The molecule has 0 saturated carbocycles. The lowest BCUT2D eigenvalue weighted by molar-refractivity contribution is -0.115. The Bertz CT molecular complexity index is 1280. The highest BCUT2D eigenvalue weighted by Crippen LogP contribution is 2.31. The quantitative estimate of drug-likeness (QED) is 0.207. The molecule has 34 heavy (non-hydrogen) atoms. The number of ether oxygens (including phenoxy) is 1. The molecular weight excluding hydrogens is 468 g/mol. The molecule has 1 amide bonds. The van der Waals surface area contributed by atoms with Crippen LogP contribution in [0.15, 0.2) is 83.2 Å². The van der Waals surface area contributed by atoms with Gasteiger partial charge in [0.2, 0.25) is 11.0 Å².